The Bertz CT molecular complexity index is 966. The van der Waals surface area contributed by atoms with Gasteiger partial charge in [-0.2, -0.15) is 0 Å². The average molecular weight is 422 g/mol. The molecular formula is C19H21Cl2N5S. The van der Waals surface area contributed by atoms with E-state index in [-0.39, 0.29) is 5.41 Å². The van der Waals surface area contributed by atoms with E-state index in [1.54, 1.807) is 12.3 Å². The number of hydrogen-bond donors (Lipinski definition) is 1. The second kappa shape index (κ2) is 7.51. The second-order valence-corrected chi connectivity index (χ2v) is 9.01. The van der Waals surface area contributed by atoms with E-state index in [9.17, 15) is 0 Å². The van der Waals surface area contributed by atoms with Gasteiger partial charge in [-0.3, -0.25) is 4.40 Å². The Kier molecular flexibility index (Phi) is 5.25. The lowest BCUT2D eigenvalue weighted by Gasteiger charge is -2.39. The summed E-state index contributed by atoms with van der Waals surface area (Å²) in [4.78, 5) is 12.4. The minimum atomic E-state index is 0.233. The van der Waals surface area contributed by atoms with E-state index in [2.05, 4.69) is 26.2 Å². The molecule has 1 aliphatic rings. The lowest BCUT2D eigenvalue weighted by molar-refractivity contribution is 0.257. The minimum Gasteiger partial charge on any atom is -0.356 e. The van der Waals surface area contributed by atoms with Gasteiger partial charge in [0, 0.05) is 30.4 Å². The van der Waals surface area contributed by atoms with Gasteiger partial charge in [0.1, 0.15) is 10.8 Å². The Hall–Kier alpha value is -1.47. The van der Waals surface area contributed by atoms with Gasteiger partial charge < -0.3 is 10.6 Å². The highest BCUT2D eigenvalue weighted by Gasteiger charge is 2.29. The summed E-state index contributed by atoms with van der Waals surface area (Å²) in [6.07, 6.45) is 7.86. The van der Waals surface area contributed by atoms with E-state index in [0.717, 1.165) is 53.9 Å². The van der Waals surface area contributed by atoms with Crippen LogP contribution in [-0.2, 0) is 0 Å². The summed E-state index contributed by atoms with van der Waals surface area (Å²) in [7, 11) is 0. The third kappa shape index (κ3) is 3.63. The fraction of sp³-hybridized carbons (Fsp3) is 0.368. The number of piperidine rings is 1. The minimum absolute atomic E-state index is 0.233. The molecule has 1 fully saturated rings. The average Bonchev–Trinajstić information content (AvgIpc) is 3.17. The fourth-order valence-corrected chi connectivity index (χ4v) is 4.71. The molecule has 0 amide bonds. The number of rotatable bonds is 4. The van der Waals surface area contributed by atoms with E-state index in [1.807, 2.05) is 24.5 Å². The number of halogens is 2. The molecule has 27 heavy (non-hydrogen) atoms. The Morgan fingerprint density at radius 2 is 2.00 bits per heavy atom. The molecule has 0 aliphatic carbocycles. The summed E-state index contributed by atoms with van der Waals surface area (Å²) < 4.78 is 2.10. The van der Waals surface area contributed by atoms with Crippen LogP contribution in [0.1, 0.15) is 19.8 Å². The zero-order valence-electron chi connectivity index (χ0n) is 15.0. The molecule has 3 aromatic rings. The van der Waals surface area contributed by atoms with Crippen molar-refractivity contribution >= 4 is 46.4 Å². The molecular weight excluding hydrogens is 401 g/mol. The molecule has 8 heteroatoms. The first kappa shape index (κ1) is 18.9. The van der Waals surface area contributed by atoms with Crippen LogP contribution in [0.15, 0.2) is 46.7 Å². The molecule has 1 aliphatic heterocycles. The quantitative estimate of drug-likeness (QED) is 0.658. The number of benzene rings is 1. The Labute approximate surface area is 172 Å². The Balaban J connectivity index is 1.64. The molecule has 0 spiro atoms. The normalized spacial score (nSPS) is 16.8. The van der Waals surface area contributed by atoms with Crippen molar-refractivity contribution in [1.29, 1.82) is 0 Å². The van der Waals surface area contributed by atoms with Crippen molar-refractivity contribution in [1.82, 2.24) is 14.4 Å². The maximum atomic E-state index is 6.34. The van der Waals surface area contributed by atoms with Gasteiger partial charge in [-0.1, -0.05) is 48.0 Å². The lowest BCUT2D eigenvalue weighted by atomic mass is 9.80. The third-order valence-electron chi connectivity index (χ3n) is 5.29. The van der Waals surface area contributed by atoms with Crippen LogP contribution >= 0.6 is 35.0 Å². The summed E-state index contributed by atoms with van der Waals surface area (Å²) >= 11 is 13.9. The van der Waals surface area contributed by atoms with E-state index in [0.29, 0.717) is 10.0 Å². The number of nitrogens with two attached hydrogens (primary N) is 1. The fourth-order valence-electron chi connectivity index (χ4n) is 3.34. The number of nitrogens with zero attached hydrogens (tertiary/aromatic N) is 4. The van der Waals surface area contributed by atoms with Crippen LogP contribution < -0.4 is 10.6 Å². The van der Waals surface area contributed by atoms with Gasteiger partial charge >= 0.3 is 0 Å². The van der Waals surface area contributed by atoms with Crippen LogP contribution in [0.2, 0.25) is 10.0 Å². The Morgan fingerprint density at radius 1 is 1.22 bits per heavy atom. The monoisotopic (exact) mass is 421 g/mol. The van der Waals surface area contributed by atoms with E-state index >= 15 is 0 Å². The van der Waals surface area contributed by atoms with Crippen molar-refractivity contribution in [3.63, 3.8) is 0 Å². The summed E-state index contributed by atoms with van der Waals surface area (Å²) in [6, 6.07) is 5.60. The maximum Gasteiger partial charge on any atom is 0.171 e. The predicted octanol–water partition coefficient (Wildman–Crippen LogP) is 4.75. The van der Waals surface area contributed by atoms with Crippen LogP contribution in [0.25, 0.3) is 5.65 Å². The van der Waals surface area contributed by atoms with Crippen molar-refractivity contribution < 1.29 is 0 Å². The van der Waals surface area contributed by atoms with E-state index in [1.165, 1.54) is 11.8 Å². The molecule has 142 valence electrons. The molecule has 1 aromatic carbocycles. The highest BCUT2D eigenvalue weighted by Crippen LogP contribution is 2.38. The van der Waals surface area contributed by atoms with Crippen molar-refractivity contribution in [2.24, 2.45) is 11.1 Å². The molecule has 0 atom stereocenters. The van der Waals surface area contributed by atoms with Crippen LogP contribution in [0.5, 0.6) is 0 Å². The second-order valence-electron chi connectivity index (χ2n) is 7.20. The van der Waals surface area contributed by atoms with E-state index in [4.69, 9.17) is 28.9 Å². The number of hydrogen-bond acceptors (Lipinski definition) is 5. The summed E-state index contributed by atoms with van der Waals surface area (Å²) in [5, 5.41) is 1.88. The van der Waals surface area contributed by atoms with Gasteiger partial charge in [-0.15, -0.1) is 0 Å². The summed E-state index contributed by atoms with van der Waals surface area (Å²) in [5.74, 6) is 1.06. The molecule has 5 nitrogen and oxygen atoms in total. The zero-order valence-corrected chi connectivity index (χ0v) is 17.4. The topological polar surface area (TPSA) is 59.5 Å². The number of aromatic nitrogens is 3. The molecule has 1 saturated heterocycles. The molecule has 4 rings (SSSR count). The highest BCUT2D eigenvalue weighted by atomic mass is 35.5. The van der Waals surface area contributed by atoms with Gasteiger partial charge in [0.15, 0.2) is 5.65 Å². The molecule has 2 aromatic heterocycles. The molecule has 3 heterocycles. The number of fused-ring (bicyclic) bond motifs is 1. The van der Waals surface area contributed by atoms with Gasteiger partial charge in [0.05, 0.1) is 16.2 Å². The van der Waals surface area contributed by atoms with E-state index < -0.39 is 0 Å². The Morgan fingerprint density at radius 3 is 2.74 bits per heavy atom. The van der Waals surface area contributed by atoms with Gasteiger partial charge in [0.25, 0.3) is 0 Å². The summed E-state index contributed by atoms with van der Waals surface area (Å²) in [5.41, 5.74) is 7.00. The molecule has 0 bridgehead atoms. The highest BCUT2D eigenvalue weighted by molar-refractivity contribution is 7.99. The molecule has 0 saturated carbocycles. The zero-order chi connectivity index (χ0) is 19.0. The van der Waals surface area contributed by atoms with Crippen molar-refractivity contribution in [3.05, 3.63) is 46.8 Å². The number of imidazole rings is 1. The first-order valence-electron chi connectivity index (χ1n) is 8.90. The first-order chi connectivity index (χ1) is 13.0. The van der Waals surface area contributed by atoms with Gasteiger partial charge in [0.2, 0.25) is 0 Å². The smallest absolute Gasteiger partial charge is 0.171 e. The van der Waals surface area contributed by atoms with Crippen LogP contribution in [0, 0.1) is 5.41 Å². The van der Waals surface area contributed by atoms with Gasteiger partial charge in [-0.25, -0.2) is 9.97 Å². The lowest BCUT2D eigenvalue weighted by Crippen LogP contribution is -2.42. The molecule has 0 unspecified atom stereocenters. The van der Waals surface area contributed by atoms with Crippen LogP contribution in [-0.4, -0.2) is 34.0 Å². The van der Waals surface area contributed by atoms with Crippen molar-refractivity contribution in [3.8, 4) is 0 Å². The summed E-state index contributed by atoms with van der Waals surface area (Å²) in [6.45, 7) is 4.93. The van der Waals surface area contributed by atoms with Crippen molar-refractivity contribution in [2.45, 2.75) is 29.7 Å². The molecule has 2 N–H and O–H groups in total. The van der Waals surface area contributed by atoms with Crippen molar-refractivity contribution in [2.75, 3.05) is 24.5 Å². The SMILES string of the molecule is CC1(CN)CCN(c2cnc(Sc3cccc(Cl)c3Cl)c3nccn23)CC1. The van der Waals surface area contributed by atoms with Crippen LogP contribution in [0.3, 0.4) is 0 Å². The largest absolute Gasteiger partial charge is 0.356 e. The third-order valence-corrected chi connectivity index (χ3v) is 7.26. The predicted molar refractivity (Wildman–Crippen MR) is 112 cm³/mol. The first-order valence-corrected chi connectivity index (χ1v) is 10.5. The standard InChI is InChI=1S/C19H21Cl2N5S/c1-19(12-22)5-8-25(9-6-19)15-11-24-18(17-23-7-10-26(15)17)27-14-4-2-3-13(20)16(14)21/h2-4,7,10-11H,5-6,8-9,12,22H2,1H3. The number of anilines is 1. The van der Waals surface area contributed by atoms with Crippen LogP contribution in [0.4, 0.5) is 5.82 Å². The van der Waals surface area contributed by atoms with Gasteiger partial charge in [-0.05, 0) is 36.9 Å². The molecule has 0 radical (unpaired) electrons. The maximum absolute atomic E-state index is 6.34.